The second-order valence-corrected chi connectivity index (χ2v) is 6.52. The monoisotopic (exact) mass is 301 g/mol. The third-order valence-corrected chi connectivity index (χ3v) is 4.96. The number of anilines is 1. The summed E-state index contributed by atoms with van der Waals surface area (Å²) in [6.45, 7) is 0. The first-order chi connectivity index (χ1) is 8.70. The van der Waals surface area contributed by atoms with Crippen LogP contribution in [0.1, 0.15) is 42.7 Å². The second kappa shape index (κ2) is 6.20. The van der Waals surface area contributed by atoms with Gasteiger partial charge < -0.3 is 11.1 Å². The molecule has 0 spiro atoms. The fourth-order valence-electron chi connectivity index (χ4n) is 2.58. The zero-order valence-corrected chi connectivity index (χ0v) is 12.5. The van der Waals surface area contributed by atoms with Gasteiger partial charge in [-0.3, -0.25) is 4.79 Å². The Morgan fingerprint density at radius 2 is 2.21 bits per heavy atom. The number of fused-ring (bicyclic) bond motifs is 1. The van der Waals surface area contributed by atoms with Gasteiger partial charge in [-0.05, 0) is 38.0 Å². The third kappa shape index (κ3) is 3.46. The summed E-state index contributed by atoms with van der Waals surface area (Å²) in [5.41, 5.74) is 7.08. The van der Waals surface area contributed by atoms with Crippen molar-refractivity contribution in [3.05, 3.63) is 10.6 Å². The molecule has 1 saturated carbocycles. The van der Waals surface area contributed by atoms with Crippen molar-refractivity contribution < 1.29 is 4.79 Å². The minimum Gasteiger partial charge on any atom is -0.327 e. The lowest BCUT2D eigenvalue weighted by atomic mass is 9.83. The van der Waals surface area contributed by atoms with E-state index in [1.807, 2.05) is 0 Å². The summed E-state index contributed by atoms with van der Waals surface area (Å²) in [5, 5.41) is 3.70. The van der Waals surface area contributed by atoms with Crippen molar-refractivity contribution in [1.82, 2.24) is 4.98 Å². The molecule has 0 aromatic carbocycles. The number of rotatable bonds is 3. The van der Waals surface area contributed by atoms with Crippen molar-refractivity contribution in [1.29, 1.82) is 0 Å². The quantitative estimate of drug-likeness (QED) is 0.901. The van der Waals surface area contributed by atoms with Crippen molar-refractivity contribution in [2.24, 2.45) is 11.7 Å². The number of nitrogens with zero attached hydrogens (tertiary/aromatic N) is 1. The zero-order valence-electron chi connectivity index (χ0n) is 10.9. The molecule has 19 heavy (non-hydrogen) atoms. The molecule has 3 rings (SSSR count). The summed E-state index contributed by atoms with van der Waals surface area (Å²) >= 11 is 1.60. The average molecular weight is 302 g/mol. The highest BCUT2D eigenvalue weighted by atomic mass is 35.5. The number of hydrogen-bond acceptors (Lipinski definition) is 4. The van der Waals surface area contributed by atoms with Crippen molar-refractivity contribution >= 4 is 34.8 Å². The smallest absolute Gasteiger partial charge is 0.226 e. The van der Waals surface area contributed by atoms with Gasteiger partial charge in [-0.1, -0.05) is 6.42 Å². The normalized spacial score (nSPS) is 22.1. The SMILES string of the molecule is Cl.N[C@H]1CCc2nc(NC(=O)CC3CCC3)sc2C1. The first kappa shape index (κ1) is 14.8. The van der Waals surface area contributed by atoms with E-state index in [2.05, 4.69) is 10.3 Å². The molecule has 0 bridgehead atoms. The number of carbonyl (C=O) groups is 1. The van der Waals surface area contributed by atoms with Crippen molar-refractivity contribution in [2.75, 3.05) is 5.32 Å². The summed E-state index contributed by atoms with van der Waals surface area (Å²) in [5.74, 6) is 0.725. The molecule has 0 unspecified atom stereocenters. The molecule has 1 fully saturated rings. The van der Waals surface area contributed by atoms with Gasteiger partial charge in [-0.15, -0.1) is 23.7 Å². The zero-order chi connectivity index (χ0) is 12.5. The molecule has 6 heteroatoms. The molecule has 0 saturated heterocycles. The first-order valence-corrected chi connectivity index (χ1v) is 7.56. The number of nitrogens with one attached hydrogen (secondary N) is 1. The van der Waals surface area contributed by atoms with Crippen LogP contribution in [0.5, 0.6) is 0 Å². The van der Waals surface area contributed by atoms with E-state index in [0.29, 0.717) is 12.3 Å². The van der Waals surface area contributed by atoms with Crippen molar-refractivity contribution in [3.63, 3.8) is 0 Å². The molecule has 0 radical (unpaired) electrons. The van der Waals surface area contributed by atoms with E-state index in [0.717, 1.165) is 30.1 Å². The van der Waals surface area contributed by atoms with Crippen LogP contribution in [-0.4, -0.2) is 16.9 Å². The number of aryl methyl sites for hydroxylation is 1. The molecular weight excluding hydrogens is 282 g/mol. The minimum atomic E-state index is 0. The largest absolute Gasteiger partial charge is 0.327 e. The van der Waals surface area contributed by atoms with Gasteiger partial charge in [0.15, 0.2) is 5.13 Å². The number of carbonyl (C=O) groups excluding carboxylic acids is 1. The molecule has 1 aromatic rings. The minimum absolute atomic E-state index is 0. The van der Waals surface area contributed by atoms with Crippen LogP contribution in [0.25, 0.3) is 0 Å². The van der Waals surface area contributed by atoms with Crippen LogP contribution < -0.4 is 11.1 Å². The van der Waals surface area contributed by atoms with Gasteiger partial charge >= 0.3 is 0 Å². The van der Waals surface area contributed by atoms with Crippen molar-refractivity contribution in [3.8, 4) is 0 Å². The predicted octanol–water partition coefficient (Wildman–Crippen LogP) is 2.51. The molecule has 1 atom stereocenters. The van der Waals surface area contributed by atoms with Gasteiger partial charge in [-0.25, -0.2) is 4.98 Å². The van der Waals surface area contributed by atoms with Gasteiger partial charge in [0, 0.05) is 17.3 Å². The van der Waals surface area contributed by atoms with Gasteiger partial charge in [-0.2, -0.15) is 0 Å². The maximum atomic E-state index is 11.8. The van der Waals surface area contributed by atoms with E-state index >= 15 is 0 Å². The first-order valence-electron chi connectivity index (χ1n) is 6.74. The second-order valence-electron chi connectivity index (χ2n) is 5.44. The molecule has 1 aromatic heterocycles. The van der Waals surface area contributed by atoms with Crippen LogP contribution in [0.3, 0.4) is 0 Å². The molecule has 0 aliphatic heterocycles. The van der Waals surface area contributed by atoms with Gasteiger partial charge in [0.2, 0.25) is 5.91 Å². The standard InChI is InChI=1S/C13H19N3OS.ClH/c14-9-4-5-10-11(7-9)18-13(15-10)16-12(17)6-8-2-1-3-8;/h8-9H,1-7,14H2,(H,15,16,17);1H/t9-;/m0./s1. The lowest BCUT2D eigenvalue weighted by Gasteiger charge is -2.24. The Balaban J connectivity index is 0.00000133. The van der Waals surface area contributed by atoms with Crippen LogP contribution >= 0.6 is 23.7 Å². The maximum absolute atomic E-state index is 11.8. The summed E-state index contributed by atoms with van der Waals surface area (Å²) in [6.07, 6.45) is 7.21. The Morgan fingerprint density at radius 1 is 1.42 bits per heavy atom. The molecule has 1 amide bonds. The molecule has 4 nitrogen and oxygen atoms in total. The summed E-state index contributed by atoms with van der Waals surface area (Å²) in [4.78, 5) is 17.6. The van der Waals surface area contributed by atoms with E-state index in [-0.39, 0.29) is 24.4 Å². The van der Waals surface area contributed by atoms with E-state index in [1.165, 1.54) is 24.1 Å². The highest BCUT2D eigenvalue weighted by molar-refractivity contribution is 7.15. The molecule has 2 aliphatic rings. The molecule has 106 valence electrons. The fourth-order valence-corrected chi connectivity index (χ4v) is 3.70. The van der Waals surface area contributed by atoms with Gasteiger partial charge in [0.05, 0.1) is 5.69 Å². The molecular formula is C13H20ClN3OS. The number of hydrogen-bond donors (Lipinski definition) is 2. The van der Waals surface area contributed by atoms with E-state index in [4.69, 9.17) is 5.73 Å². The number of aromatic nitrogens is 1. The van der Waals surface area contributed by atoms with Crippen LogP contribution in [0, 0.1) is 5.92 Å². The van der Waals surface area contributed by atoms with Crippen LogP contribution in [0.4, 0.5) is 5.13 Å². The Bertz CT molecular complexity index is 459. The van der Waals surface area contributed by atoms with Gasteiger partial charge in [0.25, 0.3) is 0 Å². The Hall–Kier alpha value is -0.650. The number of amides is 1. The Labute approximate surface area is 123 Å². The van der Waals surface area contributed by atoms with Crippen molar-refractivity contribution in [2.45, 2.75) is 51.0 Å². The number of nitrogens with two attached hydrogens (primary N) is 1. The highest BCUT2D eigenvalue weighted by Crippen LogP contribution is 2.31. The summed E-state index contributed by atoms with van der Waals surface area (Å²) in [6, 6.07) is 0.261. The third-order valence-electron chi connectivity index (χ3n) is 3.92. The van der Waals surface area contributed by atoms with Crippen LogP contribution in [0.15, 0.2) is 0 Å². The van der Waals surface area contributed by atoms with Crippen LogP contribution in [0.2, 0.25) is 0 Å². The fraction of sp³-hybridized carbons (Fsp3) is 0.692. The lowest BCUT2D eigenvalue weighted by Crippen LogP contribution is -2.27. The topological polar surface area (TPSA) is 68.0 Å². The van der Waals surface area contributed by atoms with Gasteiger partial charge in [0.1, 0.15) is 0 Å². The van der Waals surface area contributed by atoms with E-state index in [1.54, 1.807) is 11.3 Å². The molecule has 3 N–H and O–H groups in total. The molecule has 1 heterocycles. The Kier molecular flexibility index (Phi) is 4.81. The van der Waals surface area contributed by atoms with Crippen LogP contribution in [-0.2, 0) is 17.6 Å². The average Bonchev–Trinajstić information content (AvgIpc) is 2.65. The lowest BCUT2D eigenvalue weighted by molar-refractivity contribution is -0.117. The Morgan fingerprint density at radius 3 is 2.89 bits per heavy atom. The molecule has 2 aliphatic carbocycles. The summed E-state index contributed by atoms with van der Waals surface area (Å²) in [7, 11) is 0. The van der Waals surface area contributed by atoms with E-state index in [9.17, 15) is 4.79 Å². The number of thiazole rings is 1. The number of halogens is 1. The highest BCUT2D eigenvalue weighted by Gasteiger charge is 2.23. The van der Waals surface area contributed by atoms with E-state index < -0.39 is 0 Å². The summed E-state index contributed by atoms with van der Waals surface area (Å²) < 4.78 is 0. The predicted molar refractivity (Wildman–Crippen MR) is 80.0 cm³/mol. The maximum Gasteiger partial charge on any atom is 0.226 e.